The average Bonchev–Trinajstić information content (AvgIpc) is 2.37. The molecule has 7 heteroatoms. The van der Waals surface area contributed by atoms with Crippen molar-refractivity contribution < 1.29 is 9.53 Å². The Morgan fingerprint density at radius 3 is 2.67 bits per heavy atom. The fourth-order valence-corrected chi connectivity index (χ4v) is 1.97. The maximum atomic E-state index is 12.0. The molecule has 1 aliphatic heterocycles. The summed E-state index contributed by atoms with van der Waals surface area (Å²) in [4.78, 5) is 16.2. The number of hydrogen-bond donors (Lipinski definition) is 3. The average molecular weight is 313 g/mol. The van der Waals surface area contributed by atoms with Crippen LogP contribution < -0.4 is 16.0 Å². The van der Waals surface area contributed by atoms with Crippen molar-refractivity contribution in [1.82, 2.24) is 10.6 Å². The number of amides is 2. The SMILES string of the molecule is Cc1cccc(C)c1NC(=O)NC1=NCCOCCN1.Cl. The van der Waals surface area contributed by atoms with E-state index in [9.17, 15) is 4.79 Å². The lowest BCUT2D eigenvalue weighted by Crippen LogP contribution is -2.45. The van der Waals surface area contributed by atoms with Crippen molar-refractivity contribution in [3.8, 4) is 0 Å². The number of guanidine groups is 1. The van der Waals surface area contributed by atoms with E-state index >= 15 is 0 Å². The Morgan fingerprint density at radius 2 is 1.95 bits per heavy atom. The van der Waals surface area contributed by atoms with Gasteiger partial charge in [-0.05, 0) is 25.0 Å². The van der Waals surface area contributed by atoms with Crippen LogP contribution in [-0.4, -0.2) is 38.3 Å². The summed E-state index contributed by atoms with van der Waals surface area (Å²) in [5.74, 6) is 0.483. The van der Waals surface area contributed by atoms with Gasteiger partial charge in [-0.1, -0.05) is 18.2 Å². The number of urea groups is 1. The Hall–Kier alpha value is -1.79. The van der Waals surface area contributed by atoms with Crippen molar-refractivity contribution in [3.63, 3.8) is 0 Å². The molecule has 0 fully saturated rings. The van der Waals surface area contributed by atoms with Gasteiger partial charge in [-0.15, -0.1) is 12.4 Å². The molecule has 0 radical (unpaired) electrons. The predicted molar refractivity (Wildman–Crippen MR) is 86.4 cm³/mol. The smallest absolute Gasteiger partial charge is 0.326 e. The highest BCUT2D eigenvalue weighted by Crippen LogP contribution is 2.18. The number of aliphatic imine (C=N–C) groups is 1. The number of nitrogens with one attached hydrogen (secondary N) is 3. The van der Waals surface area contributed by atoms with E-state index < -0.39 is 0 Å². The number of carbonyl (C=O) groups is 1. The highest BCUT2D eigenvalue weighted by Gasteiger charge is 2.10. The minimum absolute atomic E-state index is 0. The lowest BCUT2D eigenvalue weighted by Gasteiger charge is -2.16. The minimum Gasteiger partial charge on any atom is -0.378 e. The third-order valence-corrected chi connectivity index (χ3v) is 3.00. The number of carbonyl (C=O) groups excluding carboxylic acids is 1. The number of aryl methyl sites for hydroxylation is 2. The molecule has 6 nitrogen and oxygen atoms in total. The number of rotatable bonds is 1. The van der Waals surface area contributed by atoms with Gasteiger partial charge in [0.2, 0.25) is 0 Å². The van der Waals surface area contributed by atoms with Crippen LogP contribution in [0.1, 0.15) is 11.1 Å². The molecule has 3 N–H and O–H groups in total. The minimum atomic E-state index is -0.296. The van der Waals surface area contributed by atoms with Gasteiger partial charge in [-0.2, -0.15) is 0 Å². The molecule has 2 rings (SSSR count). The van der Waals surface area contributed by atoms with Crippen molar-refractivity contribution in [2.75, 3.05) is 31.6 Å². The number of anilines is 1. The molecule has 1 aromatic rings. The van der Waals surface area contributed by atoms with Crippen LogP contribution in [0.15, 0.2) is 23.2 Å². The largest absolute Gasteiger partial charge is 0.378 e. The molecule has 21 heavy (non-hydrogen) atoms. The van der Waals surface area contributed by atoms with Gasteiger partial charge >= 0.3 is 6.03 Å². The Kier molecular flexibility index (Phi) is 6.98. The van der Waals surface area contributed by atoms with Crippen molar-refractivity contribution in [2.24, 2.45) is 4.99 Å². The van der Waals surface area contributed by atoms with Crippen LogP contribution in [0.2, 0.25) is 0 Å². The zero-order valence-corrected chi connectivity index (χ0v) is 13.0. The van der Waals surface area contributed by atoms with E-state index in [-0.39, 0.29) is 18.4 Å². The molecule has 0 aliphatic carbocycles. The van der Waals surface area contributed by atoms with Crippen molar-refractivity contribution in [3.05, 3.63) is 29.3 Å². The zero-order valence-electron chi connectivity index (χ0n) is 12.2. The summed E-state index contributed by atoms with van der Waals surface area (Å²) in [5, 5.41) is 8.60. The second kappa shape index (κ2) is 8.49. The first-order valence-corrected chi connectivity index (χ1v) is 6.67. The Balaban J connectivity index is 0.00000220. The molecule has 0 aromatic heterocycles. The lowest BCUT2D eigenvalue weighted by atomic mass is 10.1. The van der Waals surface area contributed by atoms with Crippen LogP contribution in [0.4, 0.5) is 10.5 Å². The number of benzene rings is 1. The summed E-state index contributed by atoms with van der Waals surface area (Å²) < 4.78 is 5.26. The molecule has 2 amide bonds. The number of para-hydroxylation sites is 1. The van der Waals surface area contributed by atoms with Crippen LogP contribution in [0, 0.1) is 13.8 Å². The quantitative estimate of drug-likeness (QED) is 0.740. The molecule has 0 atom stereocenters. The van der Waals surface area contributed by atoms with Gasteiger partial charge in [0.25, 0.3) is 0 Å². The third kappa shape index (κ3) is 5.24. The van der Waals surface area contributed by atoms with Gasteiger partial charge in [0.1, 0.15) is 0 Å². The standard InChI is InChI=1S/C14H20N4O2.ClH/c1-10-4-3-5-11(2)12(10)17-14(19)18-13-15-6-8-20-9-7-16-13;/h3-5H,6-9H2,1-2H3,(H3,15,16,17,18,19);1H. The molecule has 0 bridgehead atoms. The Morgan fingerprint density at radius 1 is 1.24 bits per heavy atom. The molecular weight excluding hydrogens is 292 g/mol. The van der Waals surface area contributed by atoms with Gasteiger partial charge in [0, 0.05) is 12.2 Å². The molecule has 116 valence electrons. The van der Waals surface area contributed by atoms with Gasteiger partial charge in [-0.3, -0.25) is 10.3 Å². The summed E-state index contributed by atoms with van der Waals surface area (Å²) in [6, 6.07) is 5.60. The molecule has 0 saturated carbocycles. The first-order valence-electron chi connectivity index (χ1n) is 6.67. The summed E-state index contributed by atoms with van der Waals surface area (Å²) >= 11 is 0. The van der Waals surface area contributed by atoms with Crippen molar-refractivity contribution in [1.29, 1.82) is 0 Å². The Bertz CT molecular complexity index is 499. The van der Waals surface area contributed by atoms with Crippen molar-refractivity contribution >= 4 is 30.1 Å². The summed E-state index contributed by atoms with van der Waals surface area (Å²) in [6.45, 7) is 6.27. The molecule has 0 saturated heterocycles. The van der Waals surface area contributed by atoms with Gasteiger partial charge in [0.15, 0.2) is 5.96 Å². The van der Waals surface area contributed by atoms with Crippen LogP contribution in [0.3, 0.4) is 0 Å². The van der Waals surface area contributed by atoms with E-state index in [2.05, 4.69) is 20.9 Å². The Labute approximate surface area is 130 Å². The molecule has 0 spiro atoms. The van der Waals surface area contributed by atoms with E-state index in [4.69, 9.17) is 4.74 Å². The molecule has 1 aromatic carbocycles. The van der Waals surface area contributed by atoms with Gasteiger partial charge in [0.05, 0.1) is 19.8 Å². The predicted octanol–water partition coefficient (Wildman–Crippen LogP) is 1.82. The van der Waals surface area contributed by atoms with E-state index in [0.717, 1.165) is 16.8 Å². The second-order valence-corrected chi connectivity index (χ2v) is 4.62. The number of nitrogens with zero attached hydrogens (tertiary/aromatic N) is 1. The molecule has 1 heterocycles. The fourth-order valence-electron chi connectivity index (χ4n) is 1.97. The zero-order chi connectivity index (χ0) is 14.4. The monoisotopic (exact) mass is 312 g/mol. The van der Waals surface area contributed by atoms with Gasteiger partial charge < -0.3 is 15.4 Å². The molecule has 1 aliphatic rings. The van der Waals surface area contributed by atoms with Crippen molar-refractivity contribution in [2.45, 2.75) is 13.8 Å². The second-order valence-electron chi connectivity index (χ2n) is 4.62. The lowest BCUT2D eigenvalue weighted by molar-refractivity contribution is 0.143. The van der Waals surface area contributed by atoms with E-state index in [1.165, 1.54) is 0 Å². The number of hydrogen-bond acceptors (Lipinski definition) is 4. The van der Waals surface area contributed by atoms with E-state index in [1.807, 2.05) is 32.0 Å². The number of ether oxygens (including phenoxy) is 1. The molecular formula is C14H21ClN4O2. The normalized spacial score (nSPS) is 14.7. The number of halogens is 1. The maximum absolute atomic E-state index is 12.0. The van der Waals surface area contributed by atoms with Crippen LogP contribution in [0.25, 0.3) is 0 Å². The highest BCUT2D eigenvalue weighted by atomic mass is 35.5. The third-order valence-electron chi connectivity index (χ3n) is 3.00. The van der Waals surface area contributed by atoms with E-state index in [1.54, 1.807) is 0 Å². The summed E-state index contributed by atoms with van der Waals surface area (Å²) in [5.41, 5.74) is 2.89. The first-order chi connectivity index (χ1) is 9.66. The maximum Gasteiger partial charge on any atom is 0.326 e. The fraction of sp³-hybridized carbons (Fsp3) is 0.429. The first kappa shape index (κ1) is 17.3. The molecule has 0 unspecified atom stereocenters. The van der Waals surface area contributed by atoms with E-state index in [0.29, 0.717) is 32.3 Å². The van der Waals surface area contributed by atoms with Gasteiger partial charge in [-0.25, -0.2) is 4.79 Å². The topological polar surface area (TPSA) is 74.8 Å². The summed E-state index contributed by atoms with van der Waals surface area (Å²) in [7, 11) is 0. The highest BCUT2D eigenvalue weighted by molar-refractivity contribution is 6.03. The van der Waals surface area contributed by atoms with Crippen LogP contribution >= 0.6 is 12.4 Å². The van der Waals surface area contributed by atoms with Crippen LogP contribution in [0.5, 0.6) is 0 Å². The van der Waals surface area contributed by atoms with Crippen LogP contribution in [-0.2, 0) is 4.74 Å². The summed E-state index contributed by atoms with van der Waals surface area (Å²) in [6.07, 6.45) is 0.